The van der Waals surface area contributed by atoms with Crippen LogP contribution in [0.15, 0.2) is 48.7 Å². The van der Waals surface area contributed by atoms with Crippen LogP contribution in [0.3, 0.4) is 0 Å². The molecule has 2 aromatic rings. The number of carbonyl (C=O) groups is 2. The SMILES string of the molecule is CN(C)c1ccc(NC(=O)CCCNC(=O)c2ccccc2)cn1. The number of pyridine rings is 1. The third kappa shape index (κ3) is 5.39. The number of benzene rings is 1. The molecule has 126 valence electrons. The van der Waals surface area contributed by atoms with E-state index in [2.05, 4.69) is 15.6 Å². The van der Waals surface area contributed by atoms with Crippen LogP contribution in [-0.4, -0.2) is 37.4 Å². The summed E-state index contributed by atoms with van der Waals surface area (Å²) in [7, 11) is 3.81. The normalized spacial score (nSPS) is 10.1. The van der Waals surface area contributed by atoms with Crippen LogP contribution in [0.1, 0.15) is 23.2 Å². The van der Waals surface area contributed by atoms with E-state index in [1.807, 2.05) is 49.3 Å². The second-order valence-electron chi connectivity index (χ2n) is 5.57. The van der Waals surface area contributed by atoms with Gasteiger partial charge in [-0.25, -0.2) is 4.98 Å². The lowest BCUT2D eigenvalue weighted by atomic mass is 10.2. The fourth-order valence-corrected chi connectivity index (χ4v) is 2.09. The summed E-state index contributed by atoms with van der Waals surface area (Å²) in [6, 6.07) is 12.7. The van der Waals surface area contributed by atoms with E-state index in [1.54, 1.807) is 18.3 Å². The molecule has 0 bridgehead atoms. The van der Waals surface area contributed by atoms with Gasteiger partial charge in [0.05, 0.1) is 11.9 Å². The van der Waals surface area contributed by atoms with Crippen molar-refractivity contribution in [3.05, 3.63) is 54.2 Å². The summed E-state index contributed by atoms with van der Waals surface area (Å²) in [5.74, 6) is 0.611. The molecule has 2 N–H and O–H groups in total. The molecule has 1 aromatic carbocycles. The highest BCUT2D eigenvalue weighted by molar-refractivity contribution is 5.94. The van der Waals surface area contributed by atoms with Gasteiger partial charge in [-0.05, 0) is 30.7 Å². The maximum absolute atomic E-state index is 11.9. The van der Waals surface area contributed by atoms with Gasteiger partial charge in [-0.1, -0.05) is 18.2 Å². The van der Waals surface area contributed by atoms with Crippen LogP contribution in [0.25, 0.3) is 0 Å². The number of anilines is 2. The van der Waals surface area contributed by atoms with Crippen molar-refractivity contribution in [1.82, 2.24) is 10.3 Å². The Morgan fingerprint density at radius 1 is 1.08 bits per heavy atom. The van der Waals surface area contributed by atoms with Crippen LogP contribution in [0, 0.1) is 0 Å². The fraction of sp³-hybridized carbons (Fsp3) is 0.278. The molecule has 1 aromatic heterocycles. The van der Waals surface area contributed by atoms with Gasteiger partial charge in [0.25, 0.3) is 5.91 Å². The molecule has 0 aliphatic rings. The van der Waals surface area contributed by atoms with Gasteiger partial charge in [-0.15, -0.1) is 0 Å². The Kier molecular flexibility index (Phi) is 6.31. The van der Waals surface area contributed by atoms with Crippen LogP contribution in [-0.2, 0) is 4.79 Å². The van der Waals surface area contributed by atoms with Crippen molar-refractivity contribution < 1.29 is 9.59 Å². The van der Waals surface area contributed by atoms with Gasteiger partial charge in [0, 0.05) is 32.6 Å². The lowest BCUT2D eigenvalue weighted by Crippen LogP contribution is -2.25. The Morgan fingerprint density at radius 2 is 1.83 bits per heavy atom. The number of nitrogens with one attached hydrogen (secondary N) is 2. The molecule has 6 heteroatoms. The summed E-state index contributed by atoms with van der Waals surface area (Å²) in [5.41, 5.74) is 1.29. The van der Waals surface area contributed by atoms with Gasteiger partial charge < -0.3 is 15.5 Å². The molecule has 0 aliphatic carbocycles. The van der Waals surface area contributed by atoms with Crippen LogP contribution >= 0.6 is 0 Å². The van der Waals surface area contributed by atoms with Crippen molar-refractivity contribution in [3.8, 4) is 0 Å². The average molecular weight is 326 g/mol. The van der Waals surface area contributed by atoms with Gasteiger partial charge in [0.2, 0.25) is 5.91 Å². The molecule has 0 saturated heterocycles. The molecule has 0 unspecified atom stereocenters. The molecule has 2 amide bonds. The molecule has 0 spiro atoms. The minimum Gasteiger partial charge on any atom is -0.363 e. The number of aromatic nitrogens is 1. The van der Waals surface area contributed by atoms with Crippen molar-refractivity contribution in [3.63, 3.8) is 0 Å². The van der Waals surface area contributed by atoms with E-state index < -0.39 is 0 Å². The first kappa shape index (κ1) is 17.5. The highest BCUT2D eigenvalue weighted by atomic mass is 16.2. The molecule has 0 atom stereocenters. The molecule has 0 radical (unpaired) electrons. The van der Waals surface area contributed by atoms with Crippen LogP contribution < -0.4 is 15.5 Å². The van der Waals surface area contributed by atoms with Gasteiger partial charge in [-0.3, -0.25) is 9.59 Å². The van der Waals surface area contributed by atoms with E-state index in [9.17, 15) is 9.59 Å². The zero-order valence-corrected chi connectivity index (χ0v) is 14.0. The smallest absolute Gasteiger partial charge is 0.251 e. The van der Waals surface area contributed by atoms with Crippen molar-refractivity contribution in [1.29, 1.82) is 0 Å². The van der Waals surface area contributed by atoms with E-state index in [0.29, 0.717) is 30.6 Å². The van der Waals surface area contributed by atoms with Crippen molar-refractivity contribution in [2.24, 2.45) is 0 Å². The predicted octanol–water partition coefficient (Wildman–Crippen LogP) is 2.30. The summed E-state index contributed by atoms with van der Waals surface area (Å²) in [5, 5.41) is 5.60. The number of rotatable bonds is 7. The first-order valence-electron chi connectivity index (χ1n) is 7.83. The molecule has 0 saturated carbocycles. The highest BCUT2D eigenvalue weighted by Gasteiger charge is 2.06. The molecule has 24 heavy (non-hydrogen) atoms. The van der Waals surface area contributed by atoms with E-state index in [0.717, 1.165) is 5.82 Å². The Balaban J connectivity index is 1.69. The Bertz CT molecular complexity index is 669. The average Bonchev–Trinajstić information content (AvgIpc) is 2.59. The Labute approximate surface area is 141 Å². The number of nitrogens with zero attached hydrogens (tertiary/aromatic N) is 2. The van der Waals surface area contributed by atoms with Gasteiger partial charge >= 0.3 is 0 Å². The highest BCUT2D eigenvalue weighted by Crippen LogP contribution is 2.12. The third-order valence-corrected chi connectivity index (χ3v) is 3.39. The number of carbonyl (C=O) groups excluding carboxylic acids is 2. The molecule has 0 aliphatic heterocycles. The summed E-state index contributed by atoms with van der Waals surface area (Å²) in [4.78, 5) is 29.9. The molecular weight excluding hydrogens is 304 g/mol. The topological polar surface area (TPSA) is 74.3 Å². The first-order valence-corrected chi connectivity index (χ1v) is 7.83. The number of amides is 2. The van der Waals surface area contributed by atoms with Crippen LogP contribution in [0.2, 0.25) is 0 Å². The summed E-state index contributed by atoms with van der Waals surface area (Å²) in [6.07, 6.45) is 2.54. The van der Waals surface area contributed by atoms with Crippen molar-refractivity contribution in [2.45, 2.75) is 12.8 Å². The maximum atomic E-state index is 11.9. The van der Waals surface area contributed by atoms with E-state index in [1.165, 1.54) is 0 Å². The number of hydrogen-bond acceptors (Lipinski definition) is 4. The standard InChI is InChI=1S/C18H22N4O2/c1-22(2)16-11-10-15(13-20-16)21-17(23)9-6-12-19-18(24)14-7-4-3-5-8-14/h3-5,7-8,10-11,13H,6,9,12H2,1-2H3,(H,19,24)(H,21,23). The minimum atomic E-state index is -0.125. The Morgan fingerprint density at radius 3 is 2.46 bits per heavy atom. The second-order valence-corrected chi connectivity index (χ2v) is 5.57. The minimum absolute atomic E-state index is 0.0941. The zero-order valence-electron chi connectivity index (χ0n) is 14.0. The lowest BCUT2D eigenvalue weighted by molar-refractivity contribution is -0.116. The quantitative estimate of drug-likeness (QED) is 0.766. The van der Waals surface area contributed by atoms with Gasteiger partial charge in [0.15, 0.2) is 0 Å². The molecule has 6 nitrogen and oxygen atoms in total. The second kappa shape index (κ2) is 8.67. The molecule has 0 fully saturated rings. The molecular formula is C18H22N4O2. The lowest BCUT2D eigenvalue weighted by Gasteiger charge is -2.11. The summed E-state index contributed by atoms with van der Waals surface area (Å²) in [6.45, 7) is 0.457. The van der Waals surface area contributed by atoms with Crippen LogP contribution in [0.5, 0.6) is 0 Å². The first-order chi connectivity index (χ1) is 11.6. The monoisotopic (exact) mass is 326 g/mol. The largest absolute Gasteiger partial charge is 0.363 e. The predicted molar refractivity (Wildman–Crippen MR) is 95.2 cm³/mol. The molecule has 1 heterocycles. The maximum Gasteiger partial charge on any atom is 0.251 e. The molecule has 2 rings (SSSR count). The van der Waals surface area contributed by atoms with Gasteiger partial charge in [0.1, 0.15) is 5.82 Å². The van der Waals surface area contributed by atoms with Gasteiger partial charge in [-0.2, -0.15) is 0 Å². The van der Waals surface area contributed by atoms with E-state index in [4.69, 9.17) is 0 Å². The summed E-state index contributed by atoms with van der Waals surface area (Å²) < 4.78 is 0. The Hall–Kier alpha value is -2.89. The fourth-order valence-electron chi connectivity index (χ4n) is 2.09. The zero-order chi connectivity index (χ0) is 17.4. The summed E-state index contributed by atoms with van der Waals surface area (Å²) >= 11 is 0. The third-order valence-electron chi connectivity index (χ3n) is 3.39. The number of hydrogen-bond donors (Lipinski definition) is 2. The van der Waals surface area contributed by atoms with Crippen molar-refractivity contribution in [2.75, 3.05) is 30.9 Å². The van der Waals surface area contributed by atoms with Crippen LogP contribution in [0.4, 0.5) is 11.5 Å². The van der Waals surface area contributed by atoms with Crippen molar-refractivity contribution >= 4 is 23.3 Å². The van der Waals surface area contributed by atoms with E-state index >= 15 is 0 Å². The van der Waals surface area contributed by atoms with E-state index in [-0.39, 0.29) is 11.8 Å².